The molecule has 1 aromatic heterocycles. The van der Waals surface area contributed by atoms with Gasteiger partial charge in [0.15, 0.2) is 0 Å². The maximum atomic E-state index is 12.6. The van der Waals surface area contributed by atoms with Crippen LogP contribution in [0.5, 0.6) is 0 Å². The van der Waals surface area contributed by atoms with Gasteiger partial charge < -0.3 is 4.90 Å². The molecule has 0 spiro atoms. The first-order chi connectivity index (χ1) is 11.9. The van der Waals surface area contributed by atoms with Crippen LogP contribution in [0.15, 0.2) is 40.6 Å². The summed E-state index contributed by atoms with van der Waals surface area (Å²) in [7, 11) is -3.54. The summed E-state index contributed by atoms with van der Waals surface area (Å²) in [6.45, 7) is 4.88. The zero-order valence-electron chi connectivity index (χ0n) is 14.4. The molecule has 1 aromatic carbocycles. The minimum absolute atomic E-state index is 0.0330. The molecule has 1 aliphatic heterocycles. The Morgan fingerprint density at radius 1 is 1.20 bits per heavy atom. The Balaban J connectivity index is 1.62. The summed E-state index contributed by atoms with van der Waals surface area (Å²) < 4.78 is 28.1. The Morgan fingerprint density at radius 2 is 1.92 bits per heavy atom. The van der Waals surface area contributed by atoms with Crippen molar-refractivity contribution in [2.45, 2.75) is 37.6 Å². The summed E-state index contributed by atoms with van der Waals surface area (Å²) in [5.74, 6) is 0.0330. The van der Waals surface area contributed by atoms with Crippen molar-refractivity contribution in [2.75, 3.05) is 13.1 Å². The van der Waals surface area contributed by atoms with E-state index in [2.05, 4.69) is 4.72 Å². The van der Waals surface area contributed by atoms with Gasteiger partial charge in [-0.3, -0.25) is 4.79 Å². The van der Waals surface area contributed by atoms with Gasteiger partial charge in [0, 0.05) is 19.1 Å². The Kier molecular flexibility index (Phi) is 5.27. The van der Waals surface area contributed by atoms with Crippen molar-refractivity contribution in [1.29, 1.82) is 0 Å². The van der Waals surface area contributed by atoms with E-state index in [9.17, 15) is 13.2 Å². The van der Waals surface area contributed by atoms with Crippen LogP contribution < -0.4 is 4.72 Å². The first-order valence-electron chi connectivity index (χ1n) is 8.29. The van der Waals surface area contributed by atoms with E-state index >= 15 is 0 Å². The molecule has 5 nitrogen and oxygen atoms in total. The predicted molar refractivity (Wildman–Crippen MR) is 99.5 cm³/mol. The minimum atomic E-state index is -3.54. The van der Waals surface area contributed by atoms with Crippen molar-refractivity contribution in [1.82, 2.24) is 9.62 Å². The van der Waals surface area contributed by atoms with E-state index in [1.165, 1.54) is 11.3 Å². The lowest BCUT2D eigenvalue weighted by atomic mass is 10.1. The summed E-state index contributed by atoms with van der Waals surface area (Å²) in [4.78, 5) is 15.2. The Morgan fingerprint density at radius 3 is 2.52 bits per heavy atom. The molecule has 0 saturated carbocycles. The Bertz CT molecular complexity index is 852. The largest absolute Gasteiger partial charge is 0.338 e. The summed E-state index contributed by atoms with van der Waals surface area (Å²) in [6.07, 6.45) is 1.25. The van der Waals surface area contributed by atoms with Crippen LogP contribution >= 0.6 is 11.3 Å². The maximum absolute atomic E-state index is 12.6. The second kappa shape index (κ2) is 7.27. The lowest BCUT2D eigenvalue weighted by Gasteiger charge is -2.32. The second-order valence-corrected chi connectivity index (χ2v) is 9.06. The molecule has 25 heavy (non-hydrogen) atoms. The van der Waals surface area contributed by atoms with Gasteiger partial charge in [0.05, 0.1) is 9.77 Å². The molecule has 0 bridgehead atoms. The fourth-order valence-corrected chi connectivity index (χ4v) is 5.36. The summed E-state index contributed by atoms with van der Waals surface area (Å²) in [5, 5.41) is 1.89. The summed E-state index contributed by atoms with van der Waals surface area (Å²) in [6, 6.07) is 8.88. The Hall–Kier alpha value is -1.70. The number of thiophene rings is 1. The van der Waals surface area contributed by atoms with Crippen molar-refractivity contribution in [3.63, 3.8) is 0 Å². The zero-order valence-corrected chi connectivity index (χ0v) is 16.0. The third-order valence-corrected chi connectivity index (χ3v) is 6.99. The van der Waals surface area contributed by atoms with Crippen molar-refractivity contribution < 1.29 is 13.2 Å². The first kappa shape index (κ1) is 18.1. The van der Waals surface area contributed by atoms with Crippen molar-refractivity contribution in [3.8, 4) is 0 Å². The van der Waals surface area contributed by atoms with E-state index < -0.39 is 10.0 Å². The van der Waals surface area contributed by atoms with E-state index in [0.29, 0.717) is 30.8 Å². The molecule has 1 amide bonds. The van der Waals surface area contributed by atoms with Gasteiger partial charge in [-0.1, -0.05) is 23.8 Å². The topological polar surface area (TPSA) is 66.5 Å². The van der Waals surface area contributed by atoms with Crippen LogP contribution in [0, 0.1) is 13.8 Å². The Labute approximate surface area is 152 Å². The number of amides is 1. The molecule has 0 unspecified atom stereocenters. The number of likely N-dealkylation sites (tertiary alicyclic amines) is 1. The second-order valence-electron chi connectivity index (χ2n) is 6.43. The van der Waals surface area contributed by atoms with Gasteiger partial charge in [-0.05, 0) is 49.8 Å². The highest BCUT2D eigenvalue weighted by molar-refractivity contribution is 7.89. The average molecular weight is 379 g/mol. The molecule has 7 heteroatoms. The minimum Gasteiger partial charge on any atom is -0.338 e. The molecule has 2 heterocycles. The third-order valence-electron chi connectivity index (χ3n) is 4.46. The number of benzene rings is 1. The molecule has 1 aliphatic rings. The quantitative estimate of drug-likeness (QED) is 0.889. The molecule has 134 valence electrons. The van der Waals surface area contributed by atoms with Gasteiger partial charge in [-0.25, -0.2) is 13.1 Å². The highest BCUT2D eigenvalue weighted by atomic mass is 32.2. The van der Waals surface area contributed by atoms with Crippen molar-refractivity contribution >= 4 is 27.3 Å². The molecular weight excluding hydrogens is 356 g/mol. The number of carbonyl (C=O) groups is 1. The van der Waals surface area contributed by atoms with Crippen LogP contribution in [0.3, 0.4) is 0 Å². The van der Waals surface area contributed by atoms with Crippen LogP contribution in [0.25, 0.3) is 0 Å². The monoisotopic (exact) mass is 378 g/mol. The average Bonchev–Trinajstić information content (AvgIpc) is 3.08. The molecular formula is C18H22N2O3S2. The fourth-order valence-electron chi connectivity index (χ4n) is 3.14. The molecule has 3 rings (SSSR count). The van der Waals surface area contributed by atoms with E-state index in [1.807, 2.05) is 43.5 Å². The van der Waals surface area contributed by atoms with Gasteiger partial charge >= 0.3 is 0 Å². The van der Waals surface area contributed by atoms with Crippen LogP contribution in [-0.2, 0) is 10.0 Å². The highest BCUT2D eigenvalue weighted by Crippen LogP contribution is 2.20. The SMILES string of the molecule is Cc1ccc(S(=O)(=O)NC2CCN(C(=O)c3cccs3)CC2)c(C)c1. The number of sulfonamides is 1. The first-order valence-corrected chi connectivity index (χ1v) is 10.7. The normalized spacial score (nSPS) is 16.2. The van der Waals surface area contributed by atoms with Gasteiger partial charge in [-0.2, -0.15) is 0 Å². The number of aryl methyl sites for hydroxylation is 2. The lowest BCUT2D eigenvalue weighted by Crippen LogP contribution is -2.46. The van der Waals surface area contributed by atoms with Crippen LogP contribution in [0.4, 0.5) is 0 Å². The molecule has 1 N–H and O–H groups in total. The van der Waals surface area contributed by atoms with Crippen LogP contribution in [0.2, 0.25) is 0 Å². The smallest absolute Gasteiger partial charge is 0.263 e. The predicted octanol–water partition coefficient (Wildman–Crippen LogP) is 2.95. The third kappa shape index (κ3) is 4.11. The van der Waals surface area contributed by atoms with E-state index in [4.69, 9.17) is 0 Å². The number of piperidine rings is 1. The molecule has 0 atom stereocenters. The van der Waals surface area contributed by atoms with E-state index in [-0.39, 0.29) is 11.9 Å². The number of carbonyl (C=O) groups excluding carboxylic acids is 1. The van der Waals surface area contributed by atoms with Crippen LogP contribution in [-0.4, -0.2) is 38.4 Å². The van der Waals surface area contributed by atoms with E-state index in [1.54, 1.807) is 11.0 Å². The molecule has 0 aliphatic carbocycles. The standard InChI is InChI=1S/C18H22N2O3S2/c1-13-5-6-17(14(2)12-13)25(22,23)19-15-7-9-20(10-8-15)18(21)16-4-3-11-24-16/h3-6,11-12,15,19H,7-10H2,1-2H3. The van der Waals surface area contributed by atoms with Crippen LogP contribution in [0.1, 0.15) is 33.6 Å². The molecule has 0 radical (unpaired) electrons. The lowest BCUT2D eigenvalue weighted by molar-refractivity contribution is 0.0716. The molecule has 1 saturated heterocycles. The zero-order chi connectivity index (χ0) is 18.0. The van der Waals surface area contributed by atoms with Gasteiger partial charge in [-0.15, -0.1) is 11.3 Å². The number of rotatable bonds is 4. The van der Waals surface area contributed by atoms with Crippen molar-refractivity contribution in [2.24, 2.45) is 0 Å². The summed E-state index contributed by atoms with van der Waals surface area (Å²) >= 11 is 1.43. The number of hydrogen-bond donors (Lipinski definition) is 1. The van der Waals surface area contributed by atoms with Gasteiger partial charge in [0.2, 0.25) is 10.0 Å². The summed E-state index contributed by atoms with van der Waals surface area (Å²) in [5.41, 5.74) is 1.79. The van der Waals surface area contributed by atoms with Gasteiger partial charge in [0.25, 0.3) is 5.91 Å². The number of nitrogens with zero attached hydrogens (tertiary/aromatic N) is 1. The van der Waals surface area contributed by atoms with E-state index in [0.717, 1.165) is 16.0 Å². The fraction of sp³-hybridized carbons (Fsp3) is 0.389. The number of nitrogens with one attached hydrogen (secondary N) is 1. The highest BCUT2D eigenvalue weighted by Gasteiger charge is 2.28. The maximum Gasteiger partial charge on any atom is 0.263 e. The molecule has 1 fully saturated rings. The number of hydrogen-bond acceptors (Lipinski definition) is 4. The molecule has 2 aromatic rings. The van der Waals surface area contributed by atoms with Crippen molar-refractivity contribution in [3.05, 3.63) is 51.7 Å². The van der Waals surface area contributed by atoms with Gasteiger partial charge in [0.1, 0.15) is 0 Å².